The van der Waals surface area contributed by atoms with Gasteiger partial charge in [-0.1, -0.05) is 12.1 Å². The molecular formula is C29H33FN4O5S. The van der Waals surface area contributed by atoms with Crippen LogP contribution in [0.3, 0.4) is 0 Å². The lowest BCUT2D eigenvalue weighted by Crippen LogP contribution is -2.40. The summed E-state index contributed by atoms with van der Waals surface area (Å²) in [6, 6.07) is 2.81. The van der Waals surface area contributed by atoms with E-state index in [9.17, 15) is 18.3 Å². The average Bonchev–Trinajstić information content (AvgIpc) is 3.35. The molecule has 11 heteroatoms. The number of hydrogen-bond acceptors (Lipinski definition) is 7. The van der Waals surface area contributed by atoms with Crippen molar-refractivity contribution < 1.29 is 27.4 Å². The van der Waals surface area contributed by atoms with Gasteiger partial charge in [0.2, 0.25) is 5.91 Å². The number of hydrogen-bond donors (Lipinski definition) is 3. The van der Waals surface area contributed by atoms with Crippen molar-refractivity contribution in [2.45, 2.75) is 69.9 Å². The van der Waals surface area contributed by atoms with E-state index in [2.05, 4.69) is 15.7 Å². The first-order valence-corrected chi connectivity index (χ1v) is 14.7. The van der Waals surface area contributed by atoms with Gasteiger partial charge in [-0.15, -0.1) is 0 Å². The Bertz CT molecular complexity index is 1570. The maximum Gasteiger partial charge on any atom is 0.228 e. The number of amides is 1. The first-order chi connectivity index (χ1) is 18.8. The van der Waals surface area contributed by atoms with Crippen molar-refractivity contribution in [3.05, 3.63) is 88.2 Å². The topological polar surface area (TPSA) is 123 Å². The standard InChI is InChI=1S/C29H33FN4O5S/c1-17-25(8-5-18(28(17)30)11-27(36)33-19-15-32-34(16-19)29(2,3)4)39-26-9-10-31-24-7-6-21(14-23(24)26)40(37,38)22-12-20(35)13-22/h5-10,14-16,20,22,24,31,35H,11-13H2,1-4H3,(H,33,36). The first kappa shape index (κ1) is 27.9. The van der Waals surface area contributed by atoms with Crippen molar-refractivity contribution in [1.82, 2.24) is 15.1 Å². The zero-order valence-corrected chi connectivity index (χ0v) is 23.6. The predicted octanol–water partition coefficient (Wildman–Crippen LogP) is 3.78. The summed E-state index contributed by atoms with van der Waals surface area (Å²) >= 11 is 0. The third-order valence-corrected chi connectivity index (χ3v) is 9.43. The maximum atomic E-state index is 15.3. The number of carbonyl (C=O) groups is 1. The number of dihydropyridines is 1. The van der Waals surface area contributed by atoms with Crippen LogP contribution in [0.25, 0.3) is 0 Å². The number of nitrogens with one attached hydrogen (secondary N) is 2. The van der Waals surface area contributed by atoms with Gasteiger partial charge < -0.3 is 20.5 Å². The second-order valence-electron chi connectivity index (χ2n) is 11.3. The van der Waals surface area contributed by atoms with E-state index in [0.717, 1.165) is 0 Å². The number of rotatable bonds is 7. The monoisotopic (exact) mass is 568 g/mol. The van der Waals surface area contributed by atoms with Gasteiger partial charge in [-0.3, -0.25) is 9.48 Å². The minimum Gasteiger partial charge on any atom is -0.457 e. The maximum absolute atomic E-state index is 15.3. The number of carbonyl (C=O) groups excluding carboxylic acids is 1. The van der Waals surface area contributed by atoms with Gasteiger partial charge in [0.1, 0.15) is 17.3 Å². The van der Waals surface area contributed by atoms with Crippen molar-refractivity contribution in [2.24, 2.45) is 0 Å². The summed E-state index contributed by atoms with van der Waals surface area (Å²) in [5.41, 5.74) is 1.35. The van der Waals surface area contributed by atoms with E-state index in [4.69, 9.17) is 4.74 Å². The number of benzene rings is 1. The molecular weight excluding hydrogens is 535 g/mol. The molecule has 1 aromatic heterocycles. The number of nitrogens with zero attached hydrogens (tertiary/aromatic N) is 2. The van der Waals surface area contributed by atoms with E-state index in [1.807, 2.05) is 20.8 Å². The van der Waals surface area contributed by atoms with Gasteiger partial charge in [0.15, 0.2) is 9.84 Å². The SMILES string of the molecule is Cc1c(OC2=C3C=C(S(=O)(=O)C4CC(O)C4)C=CC3NC=C2)ccc(CC(=O)Nc2cnn(C(C)(C)C)c2)c1F. The smallest absolute Gasteiger partial charge is 0.228 e. The molecule has 1 unspecified atom stereocenters. The van der Waals surface area contributed by atoms with E-state index in [1.165, 1.54) is 6.07 Å². The lowest BCUT2D eigenvalue weighted by atomic mass is 9.96. The number of halogens is 1. The molecule has 40 heavy (non-hydrogen) atoms. The van der Waals surface area contributed by atoms with Crippen molar-refractivity contribution in [1.29, 1.82) is 0 Å². The van der Waals surface area contributed by atoms with Gasteiger partial charge in [0.25, 0.3) is 0 Å². The second-order valence-corrected chi connectivity index (χ2v) is 13.6. The molecule has 1 atom stereocenters. The molecule has 1 saturated carbocycles. The average molecular weight is 569 g/mol. The van der Waals surface area contributed by atoms with E-state index in [0.29, 0.717) is 17.0 Å². The highest BCUT2D eigenvalue weighted by Gasteiger charge is 2.40. The normalized spacial score (nSPS) is 22.2. The van der Waals surface area contributed by atoms with Crippen LogP contribution < -0.4 is 15.4 Å². The molecule has 0 saturated heterocycles. The molecule has 5 rings (SSSR count). The fraction of sp³-hybridized carbons (Fsp3) is 0.379. The van der Waals surface area contributed by atoms with Crippen LogP contribution in [0.4, 0.5) is 10.1 Å². The molecule has 212 valence electrons. The molecule has 1 amide bonds. The number of allylic oxidation sites excluding steroid dienone is 2. The predicted molar refractivity (Wildman–Crippen MR) is 150 cm³/mol. The molecule has 1 fully saturated rings. The Labute approximate surface area is 233 Å². The molecule has 0 bridgehead atoms. The highest BCUT2D eigenvalue weighted by molar-refractivity contribution is 7.96. The van der Waals surface area contributed by atoms with Crippen molar-refractivity contribution in [2.75, 3.05) is 5.32 Å². The number of sulfone groups is 1. The van der Waals surface area contributed by atoms with Crippen molar-refractivity contribution in [3.8, 4) is 5.75 Å². The van der Waals surface area contributed by atoms with Crippen LogP contribution in [0.5, 0.6) is 5.75 Å². The molecule has 2 aromatic rings. The van der Waals surface area contributed by atoms with Crippen LogP contribution in [0.2, 0.25) is 0 Å². The summed E-state index contributed by atoms with van der Waals surface area (Å²) in [6.45, 7) is 7.55. The lowest BCUT2D eigenvalue weighted by Gasteiger charge is -2.32. The number of fused-ring (bicyclic) bond motifs is 1. The van der Waals surface area contributed by atoms with E-state index < -0.39 is 27.0 Å². The number of ether oxygens (including phenoxy) is 1. The molecule has 3 aliphatic rings. The zero-order valence-electron chi connectivity index (χ0n) is 22.8. The second kappa shape index (κ2) is 10.4. The molecule has 9 nitrogen and oxygen atoms in total. The Morgan fingerprint density at radius 1 is 1.27 bits per heavy atom. The third-order valence-electron chi connectivity index (χ3n) is 7.26. The van der Waals surface area contributed by atoms with Gasteiger partial charge in [-0.2, -0.15) is 5.10 Å². The fourth-order valence-electron chi connectivity index (χ4n) is 4.75. The van der Waals surface area contributed by atoms with Gasteiger partial charge >= 0.3 is 0 Å². The lowest BCUT2D eigenvalue weighted by molar-refractivity contribution is -0.115. The molecule has 3 N–H and O–H groups in total. The van der Waals surface area contributed by atoms with Gasteiger partial charge in [0.05, 0.1) is 46.1 Å². The van der Waals surface area contributed by atoms with E-state index in [1.54, 1.807) is 60.6 Å². The summed E-state index contributed by atoms with van der Waals surface area (Å²) in [5, 5.41) is 19.1. The molecule has 0 spiro atoms. The van der Waals surface area contributed by atoms with Crippen molar-refractivity contribution >= 4 is 21.4 Å². The van der Waals surface area contributed by atoms with Crippen LogP contribution in [0.1, 0.15) is 44.7 Å². The molecule has 1 aromatic carbocycles. The first-order valence-electron chi connectivity index (χ1n) is 13.1. The summed E-state index contributed by atoms with van der Waals surface area (Å²) in [4.78, 5) is 12.8. The molecule has 2 heterocycles. The van der Waals surface area contributed by atoms with Crippen LogP contribution in [0, 0.1) is 12.7 Å². The Balaban J connectivity index is 1.33. The third kappa shape index (κ3) is 5.48. The van der Waals surface area contributed by atoms with Crippen LogP contribution in [0.15, 0.2) is 71.3 Å². The van der Waals surface area contributed by atoms with E-state index >= 15 is 4.39 Å². The number of aliphatic hydroxyl groups excluding tert-OH is 1. The van der Waals surface area contributed by atoms with Crippen LogP contribution in [-0.4, -0.2) is 46.6 Å². The summed E-state index contributed by atoms with van der Waals surface area (Å²) < 4.78 is 49.2. The summed E-state index contributed by atoms with van der Waals surface area (Å²) in [7, 11) is -3.60. The fourth-order valence-corrected chi connectivity index (χ4v) is 6.65. The molecule has 0 radical (unpaired) electrons. The Hall–Kier alpha value is -3.70. The largest absolute Gasteiger partial charge is 0.457 e. The quantitative estimate of drug-likeness (QED) is 0.465. The zero-order chi connectivity index (χ0) is 28.8. The highest BCUT2D eigenvalue weighted by atomic mass is 32.2. The minimum atomic E-state index is -3.60. The van der Waals surface area contributed by atoms with Gasteiger partial charge in [0, 0.05) is 23.5 Å². The summed E-state index contributed by atoms with van der Waals surface area (Å²) in [6.07, 6.45) is 11.2. The number of aromatic nitrogens is 2. The Kier molecular flexibility index (Phi) is 7.22. The molecule has 1 aliphatic heterocycles. The highest BCUT2D eigenvalue weighted by Crippen LogP contribution is 2.36. The Morgan fingerprint density at radius 3 is 2.70 bits per heavy atom. The molecule has 2 aliphatic carbocycles. The van der Waals surface area contributed by atoms with Gasteiger partial charge in [-0.25, -0.2) is 12.8 Å². The Morgan fingerprint density at radius 2 is 2.02 bits per heavy atom. The minimum absolute atomic E-state index is 0.158. The van der Waals surface area contributed by atoms with Gasteiger partial charge in [-0.05, 0) is 70.4 Å². The van der Waals surface area contributed by atoms with Crippen LogP contribution >= 0.6 is 0 Å². The van der Waals surface area contributed by atoms with Crippen molar-refractivity contribution in [3.63, 3.8) is 0 Å². The van der Waals surface area contributed by atoms with Crippen LogP contribution in [-0.2, 0) is 26.6 Å². The number of aliphatic hydroxyl groups is 1. The van der Waals surface area contributed by atoms with E-state index in [-0.39, 0.29) is 58.5 Å². The number of anilines is 1. The summed E-state index contributed by atoms with van der Waals surface area (Å²) in [5.74, 6) is -0.279.